The van der Waals surface area contributed by atoms with Gasteiger partial charge in [0.2, 0.25) is 0 Å². The first-order valence-electron chi connectivity index (χ1n) is 8.84. The van der Waals surface area contributed by atoms with Crippen LogP contribution in [0.4, 0.5) is 10.5 Å². The van der Waals surface area contributed by atoms with Crippen LogP contribution in [0.2, 0.25) is 0 Å². The van der Waals surface area contributed by atoms with E-state index in [2.05, 4.69) is 46.3 Å². The Morgan fingerprint density at radius 3 is 2.60 bits per heavy atom. The molecule has 1 aromatic carbocycles. The first-order chi connectivity index (χ1) is 11.7. The topological polar surface area (TPSA) is 44.8 Å². The van der Waals surface area contributed by atoms with Crippen molar-refractivity contribution in [2.75, 3.05) is 56.5 Å². The summed E-state index contributed by atoms with van der Waals surface area (Å²) in [6, 6.07) is 8.70. The van der Waals surface area contributed by atoms with Crippen molar-refractivity contribution in [3.8, 4) is 0 Å². The number of carbonyl (C=O) groups is 1. The fraction of sp³-hybridized carbons (Fsp3) is 0.611. The molecule has 0 saturated carbocycles. The number of para-hydroxylation sites is 1. The standard InChI is InChI=1S/C18H29N3O2S.ClH/c1-3-23-18(22)19-10-7-11-20-12-14-21(15-13-20)16-8-5-6-9-17(16)24-4-2;/h5-6,8-9H,3-4,7,10-15H2,1-2H3,(H,19,22);1H. The Morgan fingerprint density at radius 2 is 1.92 bits per heavy atom. The Hall–Kier alpha value is -1.11. The van der Waals surface area contributed by atoms with Gasteiger partial charge in [0.25, 0.3) is 0 Å². The van der Waals surface area contributed by atoms with E-state index in [-0.39, 0.29) is 18.5 Å². The highest BCUT2D eigenvalue weighted by Gasteiger charge is 2.18. The molecule has 1 fully saturated rings. The Balaban J connectivity index is 0.00000312. The van der Waals surface area contributed by atoms with E-state index in [0.717, 1.165) is 44.9 Å². The number of nitrogens with one attached hydrogen (secondary N) is 1. The van der Waals surface area contributed by atoms with Crippen LogP contribution in [0.5, 0.6) is 0 Å². The fourth-order valence-corrected chi connectivity index (χ4v) is 3.71. The van der Waals surface area contributed by atoms with Gasteiger partial charge in [-0.25, -0.2) is 4.79 Å². The largest absolute Gasteiger partial charge is 0.450 e. The number of piperazine rings is 1. The van der Waals surface area contributed by atoms with Gasteiger partial charge in [0, 0.05) is 37.6 Å². The van der Waals surface area contributed by atoms with Crippen molar-refractivity contribution in [3.05, 3.63) is 24.3 Å². The lowest BCUT2D eigenvalue weighted by molar-refractivity contribution is 0.151. The van der Waals surface area contributed by atoms with Gasteiger partial charge in [-0.15, -0.1) is 24.2 Å². The molecule has 0 radical (unpaired) electrons. The summed E-state index contributed by atoms with van der Waals surface area (Å²) in [5.74, 6) is 1.10. The molecule has 1 N–H and O–H groups in total. The van der Waals surface area contributed by atoms with Crippen molar-refractivity contribution in [2.45, 2.75) is 25.2 Å². The maximum Gasteiger partial charge on any atom is 0.407 e. The lowest BCUT2D eigenvalue weighted by Gasteiger charge is -2.37. The maximum atomic E-state index is 11.2. The number of rotatable bonds is 8. The minimum Gasteiger partial charge on any atom is -0.450 e. The average molecular weight is 388 g/mol. The molecule has 0 aromatic heterocycles. The number of hydrogen-bond acceptors (Lipinski definition) is 5. The Labute approximate surface area is 161 Å². The van der Waals surface area contributed by atoms with Crippen molar-refractivity contribution in [1.82, 2.24) is 10.2 Å². The summed E-state index contributed by atoms with van der Waals surface area (Å²) in [5, 5.41) is 2.78. The van der Waals surface area contributed by atoms with Crippen LogP contribution in [0.1, 0.15) is 20.3 Å². The third kappa shape index (κ3) is 7.34. The molecule has 2 rings (SSSR count). The molecule has 1 saturated heterocycles. The van der Waals surface area contributed by atoms with Crippen LogP contribution < -0.4 is 10.2 Å². The first kappa shape index (κ1) is 21.9. The molecule has 0 spiro atoms. The van der Waals surface area contributed by atoms with Crippen LogP contribution >= 0.6 is 24.2 Å². The van der Waals surface area contributed by atoms with Crippen LogP contribution in [0, 0.1) is 0 Å². The second kappa shape index (κ2) is 12.3. The van der Waals surface area contributed by atoms with Gasteiger partial charge < -0.3 is 15.0 Å². The maximum absolute atomic E-state index is 11.2. The van der Waals surface area contributed by atoms with Crippen LogP contribution in [0.3, 0.4) is 0 Å². The molecule has 0 bridgehead atoms. The monoisotopic (exact) mass is 387 g/mol. The van der Waals surface area contributed by atoms with Gasteiger partial charge in [-0.3, -0.25) is 4.90 Å². The zero-order chi connectivity index (χ0) is 17.2. The Bertz CT molecular complexity index is 511. The number of halogens is 1. The van der Waals surface area contributed by atoms with Crippen molar-refractivity contribution in [2.24, 2.45) is 0 Å². The number of thioether (sulfide) groups is 1. The second-order valence-corrected chi connectivity index (χ2v) is 7.04. The molecule has 0 atom stereocenters. The van der Waals surface area contributed by atoms with E-state index in [9.17, 15) is 4.79 Å². The van der Waals surface area contributed by atoms with E-state index in [0.29, 0.717) is 13.2 Å². The summed E-state index contributed by atoms with van der Waals surface area (Å²) in [4.78, 5) is 17.6. The van der Waals surface area contributed by atoms with Gasteiger partial charge in [-0.1, -0.05) is 19.1 Å². The highest BCUT2D eigenvalue weighted by molar-refractivity contribution is 7.99. The Morgan fingerprint density at radius 1 is 1.20 bits per heavy atom. The molecule has 1 aliphatic heterocycles. The average Bonchev–Trinajstić information content (AvgIpc) is 2.60. The molecular formula is C18H30ClN3O2S. The Kier molecular flexibility index (Phi) is 10.8. The molecule has 25 heavy (non-hydrogen) atoms. The fourth-order valence-electron chi connectivity index (χ4n) is 2.88. The lowest BCUT2D eigenvalue weighted by atomic mass is 10.2. The van der Waals surface area contributed by atoms with E-state index < -0.39 is 0 Å². The molecule has 1 amide bonds. The summed E-state index contributed by atoms with van der Waals surface area (Å²) in [5.41, 5.74) is 1.37. The number of benzene rings is 1. The number of carbonyl (C=O) groups excluding carboxylic acids is 1. The number of nitrogens with zero attached hydrogens (tertiary/aromatic N) is 2. The van der Waals surface area contributed by atoms with E-state index >= 15 is 0 Å². The van der Waals surface area contributed by atoms with Gasteiger partial charge in [0.15, 0.2) is 0 Å². The molecule has 7 heteroatoms. The number of ether oxygens (including phenoxy) is 1. The molecule has 1 heterocycles. The summed E-state index contributed by atoms with van der Waals surface area (Å²) in [6.45, 7) is 10.4. The SMILES string of the molecule is CCOC(=O)NCCCN1CCN(c2ccccc2SCC)CC1.Cl. The predicted molar refractivity (Wildman–Crippen MR) is 108 cm³/mol. The predicted octanol–water partition coefficient (Wildman–Crippen LogP) is 3.48. The minimum atomic E-state index is -0.313. The summed E-state index contributed by atoms with van der Waals surface area (Å²) < 4.78 is 4.86. The van der Waals surface area contributed by atoms with E-state index in [1.807, 2.05) is 18.7 Å². The smallest absolute Gasteiger partial charge is 0.407 e. The third-order valence-electron chi connectivity index (χ3n) is 4.07. The van der Waals surface area contributed by atoms with Crippen LogP contribution in [-0.4, -0.2) is 62.6 Å². The summed E-state index contributed by atoms with van der Waals surface area (Å²) in [7, 11) is 0. The number of amides is 1. The number of anilines is 1. The quantitative estimate of drug-likeness (QED) is 0.546. The van der Waals surface area contributed by atoms with E-state index in [4.69, 9.17) is 4.74 Å². The molecule has 142 valence electrons. The van der Waals surface area contributed by atoms with E-state index in [1.165, 1.54) is 10.6 Å². The van der Waals surface area contributed by atoms with Gasteiger partial charge >= 0.3 is 6.09 Å². The van der Waals surface area contributed by atoms with Crippen molar-refractivity contribution in [1.29, 1.82) is 0 Å². The zero-order valence-electron chi connectivity index (χ0n) is 15.2. The number of hydrogen-bond donors (Lipinski definition) is 1. The highest BCUT2D eigenvalue weighted by Crippen LogP contribution is 2.30. The lowest BCUT2D eigenvalue weighted by Crippen LogP contribution is -2.47. The van der Waals surface area contributed by atoms with Crippen molar-refractivity contribution < 1.29 is 9.53 Å². The zero-order valence-corrected chi connectivity index (χ0v) is 16.8. The van der Waals surface area contributed by atoms with Gasteiger partial charge in [0.1, 0.15) is 0 Å². The summed E-state index contributed by atoms with van der Waals surface area (Å²) >= 11 is 1.91. The van der Waals surface area contributed by atoms with Gasteiger partial charge in [-0.2, -0.15) is 0 Å². The highest BCUT2D eigenvalue weighted by atomic mass is 35.5. The van der Waals surface area contributed by atoms with Crippen LogP contribution in [0.25, 0.3) is 0 Å². The molecule has 1 aliphatic rings. The van der Waals surface area contributed by atoms with Crippen LogP contribution in [-0.2, 0) is 4.74 Å². The van der Waals surface area contributed by atoms with Gasteiger partial charge in [0.05, 0.1) is 12.3 Å². The minimum absolute atomic E-state index is 0. The van der Waals surface area contributed by atoms with Crippen molar-refractivity contribution in [3.63, 3.8) is 0 Å². The number of alkyl carbamates (subject to hydrolysis) is 1. The summed E-state index contributed by atoms with van der Waals surface area (Å²) in [6.07, 6.45) is 0.647. The molecule has 0 unspecified atom stereocenters. The normalized spacial score (nSPS) is 14.7. The van der Waals surface area contributed by atoms with Gasteiger partial charge in [-0.05, 0) is 37.8 Å². The molecule has 5 nitrogen and oxygen atoms in total. The molecule has 1 aromatic rings. The van der Waals surface area contributed by atoms with Crippen molar-refractivity contribution >= 4 is 35.9 Å². The molecule has 0 aliphatic carbocycles. The molecular weight excluding hydrogens is 358 g/mol. The van der Waals surface area contributed by atoms with E-state index in [1.54, 1.807) is 0 Å². The van der Waals surface area contributed by atoms with Crippen LogP contribution in [0.15, 0.2) is 29.2 Å². The first-order valence-corrected chi connectivity index (χ1v) is 9.83. The third-order valence-corrected chi connectivity index (χ3v) is 5.02. The second-order valence-electron chi connectivity index (χ2n) is 5.73.